The topological polar surface area (TPSA) is 43.6 Å². The van der Waals surface area contributed by atoms with Crippen LogP contribution < -0.4 is 0 Å². The molecule has 5 heteroatoms. The largest absolute Gasteiger partial charge is 0.255 e. The molecular weight excluding hydrogens is 232 g/mol. The summed E-state index contributed by atoms with van der Waals surface area (Å²) in [5, 5.41) is 4.14. The maximum atomic E-state index is 4.24. The van der Waals surface area contributed by atoms with Gasteiger partial charge in [-0.05, 0) is 28.1 Å². The van der Waals surface area contributed by atoms with Crippen LogP contribution in [0.4, 0.5) is 0 Å². The molecule has 0 saturated carbocycles. The fourth-order valence-electron chi connectivity index (χ4n) is 0.989. The summed E-state index contributed by atoms with van der Waals surface area (Å²) in [4.78, 5) is 8.33. The van der Waals surface area contributed by atoms with Gasteiger partial charge < -0.3 is 0 Å². The highest BCUT2D eigenvalue weighted by atomic mass is 79.9. The van der Waals surface area contributed by atoms with Crippen molar-refractivity contribution < 1.29 is 0 Å². The fraction of sp³-hybridized carbons (Fsp3) is 0.125. The van der Waals surface area contributed by atoms with Gasteiger partial charge in [-0.15, -0.1) is 5.10 Å². The van der Waals surface area contributed by atoms with E-state index in [1.807, 2.05) is 25.2 Å². The van der Waals surface area contributed by atoms with Crippen molar-refractivity contribution in [1.29, 1.82) is 0 Å². The standard InChI is InChI=1S/C8H7BrN4/c1-13-5-10-8(12-13)6-3-2-4-7(9)11-6/h2-5H,1H3. The summed E-state index contributed by atoms with van der Waals surface area (Å²) < 4.78 is 2.44. The molecule has 0 aliphatic carbocycles. The van der Waals surface area contributed by atoms with Gasteiger partial charge in [-0.1, -0.05) is 6.07 Å². The van der Waals surface area contributed by atoms with Gasteiger partial charge in [0, 0.05) is 7.05 Å². The Labute approximate surface area is 83.8 Å². The fourth-order valence-corrected chi connectivity index (χ4v) is 1.33. The van der Waals surface area contributed by atoms with Crippen LogP contribution in [0.25, 0.3) is 11.5 Å². The predicted octanol–water partition coefficient (Wildman–Crippen LogP) is 1.64. The predicted molar refractivity (Wildman–Crippen MR) is 51.9 cm³/mol. The SMILES string of the molecule is Cn1cnc(-c2cccc(Br)n2)n1. The van der Waals surface area contributed by atoms with Gasteiger partial charge in [0.15, 0.2) is 5.82 Å². The Morgan fingerprint density at radius 2 is 2.23 bits per heavy atom. The zero-order valence-electron chi connectivity index (χ0n) is 6.98. The number of aryl methyl sites for hydroxylation is 1. The zero-order valence-corrected chi connectivity index (χ0v) is 8.56. The first-order valence-corrected chi connectivity index (χ1v) is 4.53. The molecule has 0 aliphatic rings. The highest BCUT2D eigenvalue weighted by Crippen LogP contribution is 2.14. The first-order chi connectivity index (χ1) is 6.25. The normalized spacial score (nSPS) is 10.3. The van der Waals surface area contributed by atoms with E-state index in [2.05, 4.69) is 31.0 Å². The molecule has 0 spiro atoms. The van der Waals surface area contributed by atoms with E-state index in [4.69, 9.17) is 0 Å². The molecule has 0 N–H and O–H groups in total. The average Bonchev–Trinajstić information content (AvgIpc) is 2.52. The third-order valence-electron chi connectivity index (χ3n) is 1.54. The molecule has 4 nitrogen and oxygen atoms in total. The van der Waals surface area contributed by atoms with E-state index in [0.717, 1.165) is 10.3 Å². The minimum atomic E-state index is 0.642. The molecule has 0 radical (unpaired) electrons. The van der Waals surface area contributed by atoms with Gasteiger partial charge in [-0.3, -0.25) is 4.68 Å². The van der Waals surface area contributed by atoms with Gasteiger partial charge >= 0.3 is 0 Å². The number of nitrogens with zero attached hydrogens (tertiary/aromatic N) is 4. The first kappa shape index (κ1) is 8.37. The Morgan fingerprint density at radius 1 is 1.38 bits per heavy atom. The summed E-state index contributed by atoms with van der Waals surface area (Å²) in [5.41, 5.74) is 0.773. The van der Waals surface area contributed by atoms with Crippen LogP contribution in [0, 0.1) is 0 Å². The van der Waals surface area contributed by atoms with Crippen LogP contribution in [0.2, 0.25) is 0 Å². The highest BCUT2D eigenvalue weighted by Gasteiger charge is 2.03. The maximum absolute atomic E-state index is 4.24. The summed E-state index contributed by atoms with van der Waals surface area (Å²) in [6.45, 7) is 0. The minimum Gasteiger partial charge on any atom is -0.255 e. The van der Waals surface area contributed by atoms with Crippen LogP contribution in [0.1, 0.15) is 0 Å². The second kappa shape index (κ2) is 3.26. The molecule has 0 saturated heterocycles. The Bertz CT molecular complexity index is 424. The molecule has 0 atom stereocenters. The molecule has 0 amide bonds. The Morgan fingerprint density at radius 3 is 2.85 bits per heavy atom. The molecule has 0 aliphatic heterocycles. The lowest BCUT2D eigenvalue weighted by molar-refractivity contribution is 0.767. The second-order valence-electron chi connectivity index (χ2n) is 2.59. The van der Waals surface area contributed by atoms with E-state index in [1.54, 1.807) is 11.0 Å². The second-order valence-corrected chi connectivity index (χ2v) is 3.40. The molecule has 0 fully saturated rings. The van der Waals surface area contributed by atoms with Crippen molar-refractivity contribution >= 4 is 15.9 Å². The summed E-state index contributed by atoms with van der Waals surface area (Å²) in [7, 11) is 1.83. The minimum absolute atomic E-state index is 0.642. The van der Waals surface area contributed by atoms with Crippen LogP contribution in [-0.2, 0) is 7.05 Å². The van der Waals surface area contributed by atoms with Crippen molar-refractivity contribution in [3.05, 3.63) is 29.1 Å². The molecule has 2 aromatic heterocycles. The molecule has 0 unspecified atom stereocenters. The lowest BCUT2D eigenvalue weighted by Crippen LogP contribution is -1.89. The van der Waals surface area contributed by atoms with Gasteiger partial charge in [0.05, 0.1) is 0 Å². The van der Waals surface area contributed by atoms with E-state index < -0.39 is 0 Å². The lowest BCUT2D eigenvalue weighted by Gasteiger charge is -1.93. The van der Waals surface area contributed by atoms with Crippen molar-refractivity contribution in [1.82, 2.24) is 19.7 Å². The highest BCUT2D eigenvalue weighted by molar-refractivity contribution is 9.10. The Kier molecular flexibility index (Phi) is 2.10. The third-order valence-corrected chi connectivity index (χ3v) is 1.99. The van der Waals surface area contributed by atoms with Gasteiger partial charge in [0.2, 0.25) is 0 Å². The van der Waals surface area contributed by atoms with Crippen LogP contribution in [-0.4, -0.2) is 19.7 Å². The number of aromatic nitrogens is 4. The van der Waals surface area contributed by atoms with Crippen LogP contribution >= 0.6 is 15.9 Å². The van der Waals surface area contributed by atoms with E-state index in [9.17, 15) is 0 Å². The zero-order chi connectivity index (χ0) is 9.26. The Balaban J connectivity index is 2.46. The molecule has 0 aromatic carbocycles. The van der Waals surface area contributed by atoms with Gasteiger partial charge in [0.25, 0.3) is 0 Å². The van der Waals surface area contributed by atoms with Gasteiger partial charge in [-0.2, -0.15) is 0 Å². The summed E-state index contributed by atoms with van der Waals surface area (Å²) in [6, 6.07) is 5.65. The van der Waals surface area contributed by atoms with Crippen molar-refractivity contribution in [2.75, 3.05) is 0 Å². The van der Waals surface area contributed by atoms with Gasteiger partial charge in [0.1, 0.15) is 16.6 Å². The number of hydrogen-bond donors (Lipinski definition) is 0. The summed E-state index contributed by atoms with van der Waals surface area (Å²) in [6.07, 6.45) is 1.65. The number of halogens is 1. The molecular formula is C8H7BrN4. The maximum Gasteiger partial charge on any atom is 0.199 e. The summed E-state index contributed by atoms with van der Waals surface area (Å²) in [5.74, 6) is 0.642. The van der Waals surface area contributed by atoms with Crippen LogP contribution in [0.5, 0.6) is 0 Å². The van der Waals surface area contributed by atoms with Crippen molar-refractivity contribution in [2.45, 2.75) is 0 Å². The lowest BCUT2D eigenvalue weighted by atomic mass is 10.3. The van der Waals surface area contributed by atoms with E-state index in [-0.39, 0.29) is 0 Å². The summed E-state index contributed by atoms with van der Waals surface area (Å²) >= 11 is 3.29. The van der Waals surface area contributed by atoms with Crippen molar-refractivity contribution in [3.63, 3.8) is 0 Å². The smallest absolute Gasteiger partial charge is 0.199 e. The average molecular weight is 239 g/mol. The number of pyridine rings is 1. The van der Waals surface area contributed by atoms with Crippen LogP contribution in [0.15, 0.2) is 29.1 Å². The quantitative estimate of drug-likeness (QED) is 0.710. The van der Waals surface area contributed by atoms with Crippen LogP contribution in [0.3, 0.4) is 0 Å². The molecule has 13 heavy (non-hydrogen) atoms. The Hall–Kier alpha value is -1.23. The van der Waals surface area contributed by atoms with E-state index in [1.165, 1.54) is 0 Å². The third kappa shape index (κ3) is 1.75. The van der Waals surface area contributed by atoms with Crippen molar-refractivity contribution in [2.24, 2.45) is 7.05 Å². The van der Waals surface area contributed by atoms with Gasteiger partial charge in [-0.25, -0.2) is 9.97 Å². The molecule has 0 bridgehead atoms. The molecule has 66 valence electrons. The molecule has 2 rings (SSSR count). The molecule has 2 heterocycles. The number of rotatable bonds is 1. The molecule has 2 aromatic rings. The van der Waals surface area contributed by atoms with Crippen molar-refractivity contribution in [3.8, 4) is 11.5 Å². The monoisotopic (exact) mass is 238 g/mol. The number of hydrogen-bond acceptors (Lipinski definition) is 3. The van der Waals surface area contributed by atoms with E-state index in [0.29, 0.717) is 5.82 Å². The first-order valence-electron chi connectivity index (χ1n) is 3.74. The van der Waals surface area contributed by atoms with E-state index >= 15 is 0 Å².